The molecule has 1 aromatic rings. The molecule has 1 aromatic carbocycles. The highest BCUT2D eigenvalue weighted by molar-refractivity contribution is 6.33. The van der Waals surface area contributed by atoms with Crippen molar-refractivity contribution in [3.63, 3.8) is 0 Å². The molecule has 4 nitrogen and oxygen atoms in total. The number of anilines is 1. The highest BCUT2D eigenvalue weighted by Crippen LogP contribution is 2.35. The minimum Gasteiger partial charge on any atom is -0.491 e. The van der Waals surface area contributed by atoms with Crippen LogP contribution in [0.15, 0.2) is 12.1 Å². The predicted octanol–water partition coefficient (Wildman–Crippen LogP) is 3.26. The Morgan fingerprint density at radius 1 is 1.57 bits per heavy atom. The molecule has 0 bridgehead atoms. The topological polar surface area (TPSA) is 49.4 Å². The molecule has 0 saturated heterocycles. The molecule has 0 atom stereocenters. The second-order valence-electron chi connectivity index (χ2n) is 2.58. The van der Waals surface area contributed by atoms with E-state index >= 15 is 0 Å². The molecule has 0 amide bonds. The van der Waals surface area contributed by atoms with Crippen molar-refractivity contribution in [3.8, 4) is 5.75 Å². The van der Waals surface area contributed by atoms with Crippen LogP contribution < -0.4 is 10.1 Å². The van der Waals surface area contributed by atoms with Crippen LogP contribution >= 0.6 is 11.6 Å². The molecule has 0 aromatic heterocycles. The second kappa shape index (κ2) is 4.68. The van der Waals surface area contributed by atoms with Crippen LogP contribution in [0.5, 0.6) is 5.75 Å². The molecule has 1 N–H and O–H groups in total. The molecule has 0 unspecified atom stereocenters. The lowest BCUT2D eigenvalue weighted by atomic mass is 10.2. The van der Waals surface area contributed by atoms with E-state index in [1.807, 2.05) is 6.92 Å². The minimum absolute atomic E-state index is 0.300. The van der Waals surface area contributed by atoms with Crippen molar-refractivity contribution in [3.05, 3.63) is 22.1 Å². The molecule has 0 aliphatic carbocycles. The monoisotopic (exact) mass is 212 g/mol. The highest BCUT2D eigenvalue weighted by Gasteiger charge is 2.17. The Balaban J connectivity index is 3.19. The molecule has 0 saturated carbocycles. The van der Waals surface area contributed by atoms with Crippen molar-refractivity contribution in [2.24, 2.45) is 0 Å². The molecule has 0 aliphatic rings. The fourth-order valence-corrected chi connectivity index (χ4v) is 1.29. The van der Waals surface area contributed by atoms with Gasteiger partial charge in [-0.2, -0.15) is 0 Å². The second-order valence-corrected chi connectivity index (χ2v) is 2.99. The summed E-state index contributed by atoms with van der Waals surface area (Å²) in [5.41, 5.74) is 1.07. The van der Waals surface area contributed by atoms with Gasteiger partial charge in [0.1, 0.15) is 5.02 Å². The molecule has 0 fully saturated rings. The average Bonchev–Trinajstić information content (AvgIpc) is 2.20. The first-order chi connectivity index (χ1) is 6.72. The summed E-state index contributed by atoms with van der Waals surface area (Å²) in [6, 6.07) is 3.24. The van der Waals surface area contributed by atoms with Gasteiger partial charge in [0.15, 0.2) is 10.7 Å². The van der Waals surface area contributed by atoms with E-state index in [0.717, 1.165) is 5.69 Å². The number of nitrogens with one attached hydrogen (secondary N) is 1. The van der Waals surface area contributed by atoms with Crippen LogP contribution in [-0.2, 0) is 0 Å². The van der Waals surface area contributed by atoms with E-state index in [4.69, 9.17) is 21.7 Å². The third-order valence-corrected chi connectivity index (χ3v) is 2.03. The summed E-state index contributed by atoms with van der Waals surface area (Å²) in [7, 11) is 1.77. The van der Waals surface area contributed by atoms with Crippen LogP contribution in [0.1, 0.15) is 6.92 Å². The molecular formula is C9H11ClN3O+. The maximum atomic E-state index is 8.64. The Bertz CT molecular complexity index is 373. The zero-order valence-electron chi connectivity index (χ0n) is 8.04. The van der Waals surface area contributed by atoms with Gasteiger partial charge < -0.3 is 10.1 Å². The van der Waals surface area contributed by atoms with Crippen LogP contribution in [-0.4, -0.2) is 13.7 Å². The lowest BCUT2D eigenvalue weighted by Crippen LogP contribution is -1.97. The number of ether oxygens (including phenoxy) is 1. The van der Waals surface area contributed by atoms with Gasteiger partial charge in [0.2, 0.25) is 5.39 Å². The maximum absolute atomic E-state index is 8.64. The molecule has 1 rings (SSSR count). The summed E-state index contributed by atoms with van der Waals surface area (Å²) in [6.07, 6.45) is 0. The van der Waals surface area contributed by atoms with Crippen molar-refractivity contribution < 1.29 is 4.74 Å². The summed E-state index contributed by atoms with van der Waals surface area (Å²) >= 11 is 5.83. The third kappa shape index (κ3) is 2.06. The van der Waals surface area contributed by atoms with Crippen LogP contribution in [0, 0.1) is 5.39 Å². The molecule has 0 aliphatic heterocycles. The van der Waals surface area contributed by atoms with E-state index in [0.29, 0.717) is 23.1 Å². The number of hydrogen-bond acceptors (Lipinski definition) is 3. The van der Waals surface area contributed by atoms with Gasteiger partial charge in [-0.25, -0.2) is 0 Å². The summed E-state index contributed by atoms with van der Waals surface area (Å²) in [6.45, 7) is 2.42. The molecular weight excluding hydrogens is 202 g/mol. The van der Waals surface area contributed by atoms with E-state index < -0.39 is 0 Å². The van der Waals surface area contributed by atoms with Crippen molar-refractivity contribution in [1.29, 1.82) is 5.39 Å². The van der Waals surface area contributed by atoms with Crippen molar-refractivity contribution in [2.45, 2.75) is 6.92 Å². The summed E-state index contributed by atoms with van der Waals surface area (Å²) in [4.78, 5) is 3.05. The molecule has 0 spiro atoms. The summed E-state index contributed by atoms with van der Waals surface area (Å²) in [5.74, 6) is 0.618. The van der Waals surface area contributed by atoms with Gasteiger partial charge >= 0.3 is 5.69 Å². The lowest BCUT2D eigenvalue weighted by Gasteiger charge is -2.08. The molecule has 0 heterocycles. The van der Waals surface area contributed by atoms with Gasteiger partial charge in [0.05, 0.1) is 18.4 Å². The van der Waals surface area contributed by atoms with Gasteiger partial charge in [0, 0.05) is 7.05 Å². The van der Waals surface area contributed by atoms with E-state index in [9.17, 15) is 0 Å². The van der Waals surface area contributed by atoms with Gasteiger partial charge in [0.25, 0.3) is 0 Å². The van der Waals surface area contributed by atoms with Crippen molar-refractivity contribution in [2.75, 3.05) is 19.0 Å². The first-order valence-corrected chi connectivity index (χ1v) is 4.60. The normalized spacial score (nSPS) is 9.29. The standard InChI is InChI=1S/C9H11ClN3O/c1-3-14-9-5-7(13-11)6(10)4-8(9)12-2/h4-5,12H,3H2,1-2H3/q+1. The fraction of sp³-hybridized carbons (Fsp3) is 0.333. The van der Waals surface area contributed by atoms with Crippen LogP contribution in [0.25, 0.3) is 4.98 Å². The zero-order valence-corrected chi connectivity index (χ0v) is 8.80. The van der Waals surface area contributed by atoms with Crippen molar-refractivity contribution >= 4 is 23.0 Å². The first kappa shape index (κ1) is 10.6. The smallest absolute Gasteiger partial charge is 0.407 e. The first-order valence-electron chi connectivity index (χ1n) is 4.22. The quantitative estimate of drug-likeness (QED) is 0.783. The van der Waals surface area contributed by atoms with E-state index in [-0.39, 0.29) is 0 Å². The zero-order chi connectivity index (χ0) is 10.6. The Morgan fingerprint density at radius 3 is 2.79 bits per heavy atom. The summed E-state index contributed by atoms with van der Waals surface area (Å²) < 4.78 is 5.33. The number of halogens is 1. The van der Waals surface area contributed by atoms with Crippen LogP contribution in [0.2, 0.25) is 5.02 Å². The Hall–Kier alpha value is -1.47. The minimum atomic E-state index is 0.300. The number of nitrogens with zero attached hydrogens (tertiary/aromatic N) is 2. The fourth-order valence-electron chi connectivity index (χ4n) is 1.09. The van der Waals surface area contributed by atoms with Gasteiger partial charge in [-0.15, -0.1) is 0 Å². The van der Waals surface area contributed by atoms with Crippen molar-refractivity contribution in [1.82, 2.24) is 0 Å². The molecule has 74 valence electrons. The van der Waals surface area contributed by atoms with E-state index in [1.165, 1.54) is 0 Å². The number of rotatable bonds is 3. The number of diazo groups is 1. The lowest BCUT2D eigenvalue weighted by molar-refractivity contribution is 0.342. The van der Waals surface area contributed by atoms with E-state index in [1.54, 1.807) is 19.2 Å². The van der Waals surface area contributed by atoms with Crippen LogP contribution in [0.3, 0.4) is 0 Å². The third-order valence-electron chi connectivity index (χ3n) is 1.73. The Labute approximate surface area is 87.5 Å². The van der Waals surface area contributed by atoms with Gasteiger partial charge in [-0.3, -0.25) is 0 Å². The highest BCUT2D eigenvalue weighted by atomic mass is 35.5. The van der Waals surface area contributed by atoms with Gasteiger partial charge in [-0.05, 0) is 13.0 Å². The van der Waals surface area contributed by atoms with Gasteiger partial charge in [-0.1, -0.05) is 11.6 Å². The Kier molecular flexibility index (Phi) is 3.55. The van der Waals surface area contributed by atoms with E-state index in [2.05, 4.69) is 10.3 Å². The van der Waals surface area contributed by atoms with Crippen LogP contribution in [0.4, 0.5) is 11.4 Å². The average molecular weight is 213 g/mol. The SMILES string of the molecule is CCOc1cc([N+]#N)c(Cl)cc1NC. The Morgan fingerprint density at radius 2 is 2.29 bits per heavy atom. The maximum Gasteiger partial charge on any atom is 0.407 e. The number of benzene rings is 1. The molecule has 5 heteroatoms. The molecule has 14 heavy (non-hydrogen) atoms. The predicted molar refractivity (Wildman–Crippen MR) is 56.9 cm³/mol. The summed E-state index contributed by atoms with van der Waals surface area (Å²) in [5, 5.41) is 12.0. The number of hydrogen-bond donors (Lipinski definition) is 1. The molecule has 0 radical (unpaired) electrons. The largest absolute Gasteiger partial charge is 0.491 e.